The molecule has 0 aliphatic rings. The molecule has 0 bridgehead atoms. The summed E-state index contributed by atoms with van der Waals surface area (Å²) in [6.45, 7) is 1.02. The summed E-state index contributed by atoms with van der Waals surface area (Å²) in [5, 5.41) is 12.0. The van der Waals surface area contributed by atoms with Crippen LogP contribution in [-0.4, -0.2) is 11.0 Å². The number of amides is 1. The van der Waals surface area contributed by atoms with E-state index in [-0.39, 0.29) is 11.7 Å². The summed E-state index contributed by atoms with van der Waals surface area (Å²) in [4.78, 5) is 11.8. The maximum atomic E-state index is 11.8. The molecule has 4 nitrogen and oxygen atoms in total. The summed E-state index contributed by atoms with van der Waals surface area (Å²) in [6.07, 6.45) is 0.307. The number of aromatic hydroxyl groups is 1. The minimum absolute atomic E-state index is 0.0430. The Labute approximate surface area is 118 Å². The third-order valence-corrected chi connectivity index (χ3v) is 3.05. The summed E-state index contributed by atoms with van der Waals surface area (Å²) < 4.78 is 0. The fourth-order valence-electron chi connectivity index (χ4n) is 1.86. The average molecular weight is 270 g/mol. The Morgan fingerprint density at radius 3 is 2.10 bits per heavy atom. The zero-order valence-corrected chi connectivity index (χ0v) is 11.2. The minimum Gasteiger partial charge on any atom is -0.508 e. The highest BCUT2D eigenvalue weighted by molar-refractivity contribution is 5.78. The van der Waals surface area contributed by atoms with Crippen LogP contribution in [0.25, 0.3) is 0 Å². The van der Waals surface area contributed by atoms with Gasteiger partial charge in [0.05, 0.1) is 6.42 Å². The van der Waals surface area contributed by atoms with Crippen molar-refractivity contribution in [1.82, 2.24) is 5.32 Å². The van der Waals surface area contributed by atoms with Gasteiger partial charge in [0.25, 0.3) is 0 Å². The van der Waals surface area contributed by atoms with E-state index in [1.807, 2.05) is 24.3 Å². The van der Waals surface area contributed by atoms with Crippen molar-refractivity contribution in [3.63, 3.8) is 0 Å². The molecule has 0 radical (unpaired) electrons. The van der Waals surface area contributed by atoms with Crippen molar-refractivity contribution in [3.8, 4) is 5.75 Å². The van der Waals surface area contributed by atoms with Gasteiger partial charge in [-0.25, -0.2) is 0 Å². The summed E-state index contributed by atoms with van der Waals surface area (Å²) in [6, 6.07) is 14.5. The third-order valence-electron chi connectivity index (χ3n) is 3.05. The Morgan fingerprint density at radius 1 is 0.950 bits per heavy atom. The van der Waals surface area contributed by atoms with Gasteiger partial charge in [-0.1, -0.05) is 36.4 Å². The van der Waals surface area contributed by atoms with Crippen molar-refractivity contribution in [3.05, 3.63) is 65.2 Å². The first kappa shape index (κ1) is 14.1. The number of hydrogen-bond acceptors (Lipinski definition) is 3. The van der Waals surface area contributed by atoms with E-state index in [1.54, 1.807) is 24.3 Å². The molecule has 0 unspecified atom stereocenters. The van der Waals surface area contributed by atoms with Crippen LogP contribution in [0, 0.1) is 0 Å². The monoisotopic (exact) mass is 270 g/mol. The maximum Gasteiger partial charge on any atom is 0.224 e. The van der Waals surface area contributed by atoms with E-state index >= 15 is 0 Å². The maximum absolute atomic E-state index is 11.8. The third kappa shape index (κ3) is 4.10. The molecule has 0 aliphatic heterocycles. The highest BCUT2D eigenvalue weighted by Gasteiger charge is 2.03. The van der Waals surface area contributed by atoms with Crippen LogP contribution in [0.15, 0.2) is 48.5 Å². The van der Waals surface area contributed by atoms with E-state index < -0.39 is 0 Å². The summed E-state index contributed by atoms with van der Waals surface area (Å²) in [5.41, 5.74) is 8.52. The number of nitrogens with two attached hydrogens (primary N) is 1. The number of nitrogens with one attached hydrogen (secondary N) is 1. The normalized spacial score (nSPS) is 10.2. The van der Waals surface area contributed by atoms with Gasteiger partial charge in [0.15, 0.2) is 0 Å². The standard InChI is InChI=1S/C16H18N2O2/c17-10-13-1-3-14(4-2-13)11-18-16(20)9-12-5-7-15(19)8-6-12/h1-8,19H,9-11,17H2,(H,18,20). The summed E-state index contributed by atoms with van der Waals surface area (Å²) in [7, 11) is 0. The topological polar surface area (TPSA) is 75.3 Å². The molecule has 0 aromatic heterocycles. The molecule has 0 heterocycles. The molecule has 2 rings (SSSR count). The Balaban J connectivity index is 1.83. The van der Waals surface area contributed by atoms with Gasteiger partial charge in [-0.2, -0.15) is 0 Å². The molecule has 104 valence electrons. The second-order valence-corrected chi connectivity index (χ2v) is 4.64. The molecule has 0 saturated heterocycles. The predicted octanol–water partition coefficient (Wildman–Crippen LogP) is 1.71. The molecule has 20 heavy (non-hydrogen) atoms. The first-order valence-corrected chi connectivity index (χ1v) is 6.50. The number of rotatable bonds is 5. The molecule has 4 heteroatoms. The van der Waals surface area contributed by atoms with Crippen molar-refractivity contribution >= 4 is 5.91 Å². The number of phenolic OH excluding ortho intramolecular Hbond substituents is 1. The van der Waals surface area contributed by atoms with Crippen molar-refractivity contribution in [1.29, 1.82) is 0 Å². The van der Waals surface area contributed by atoms with Gasteiger partial charge in [-0.05, 0) is 28.8 Å². The highest BCUT2D eigenvalue weighted by atomic mass is 16.3. The van der Waals surface area contributed by atoms with Gasteiger partial charge < -0.3 is 16.2 Å². The van der Waals surface area contributed by atoms with E-state index in [1.165, 1.54) is 0 Å². The Kier molecular flexibility index (Phi) is 4.74. The largest absolute Gasteiger partial charge is 0.508 e. The predicted molar refractivity (Wildman–Crippen MR) is 78.0 cm³/mol. The van der Waals surface area contributed by atoms with Crippen LogP contribution < -0.4 is 11.1 Å². The van der Waals surface area contributed by atoms with Gasteiger partial charge in [0.2, 0.25) is 5.91 Å². The van der Waals surface area contributed by atoms with Crippen LogP contribution in [0.3, 0.4) is 0 Å². The van der Waals surface area contributed by atoms with Crippen molar-refractivity contribution < 1.29 is 9.90 Å². The molecule has 0 atom stereocenters. The number of phenols is 1. The lowest BCUT2D eigenvalue weighted by atomic mass is 10.1. The quantitative estimate of drug-likeness (QED) is 0.774. The van der Waals surface area contributed by atoms with Crippen LogP contribution in [0.1, 0.15) is 16.7 Å². The van der Waals surface area contributed by atoms with Crippen molar-refractivity contribution in [2.75, 3.05) is 0 Å². The van der Waals surface area contributed by atoms with Crippen LogP contribution in [0.4, 0.5) is 0 Å². The Hall–Kier alpha value is -2.33. The van der Waals surface area contributed by atoms with Crippen LogP contribution in [0.2, 0.25) is 0 Å². The van der Waals surface area contributed by atoms with Crippen molar-refractivity contribution in [2.45, 2.75) is 19.5 Å². The second kappa shape index (κ2) is 6.73. The number of carbonyl (C=O) groups is 1. The smallest absolute Gasteiger partial charge is 0.224 e. The lowest BCUT2D eigenvalue weighted by Crippen LogP contribution is -2.24. The second-order valence-electron chi connectivity index (χ2n) is 4.64. The summed E-state index contributed by atoms with van der Waals surface area (Å²) >= 11 is 0. The van der Waals surface area contributed by atoms with E-state index in [0.29, 0.717) is 19.5 Å². The lowest BCUT2D eigenvalue weighted by molar-refractivity contribution is -0.120. The van der Waals surface area contributed by atoms with Gasteiger partial charge in [-0.3, -0.25) is 4.79 Å². The first-order valence-electron chi connectivity index (χ1n) is 6.50. The average Bonchev–Trinajstić information content (AvgIpc) is 2.48. The highest BCUT2D eigenvalue weighted by Crippen LogP contribution is 2.10. The molecule has 0 aliphatic carbocycles. The van der Waals surface area contributed by atoms with Gasteiger partial charge >= 0.3 is 0 Å². The fourth-order valence-corrected chi connectivity index (χ4v) is 1.86. The van der Waals surface area contributed by atoms with E-state index in [9.17, 15) is 9.90 Å². The molecular formula is C16H18N2O2. The van der Waals surface area contributed by atoms with Gasteiger partial charge in [0, 0.05) is 13.1 Å². The molecule has 4 N–H and O–H groups in total. The van der Waals surface area contributed by atoms with Crippen molar-refractivity contribution in [2.24, 2.45) is 5.73 Å². The molecule has 0 saturated carbocycles. The van der Waals surface area contributed by atoms with Gasteiger partial charge in [-0.15, -0.1) is 0 Å². The Bertz CT molecular complexity index is 562. The number of carbonyl (C=O) groups excluding carboxylic acids is 1. The first-order chi connectivity index (χ1) is 9.67. The molecule has 2 aromatic carbocycles. The number of benzene rings is 2. The number of hydrogen-bond donors (Lipinski definition) is 3. The minimum atomic E-state index is -0.0430. The van der Waals surface area contributed by atoms with Crippen LogP contribution in [0.5, 0.6) is 5.75 Å². The molecular weight excluding hydrogens is 252 g/mol. The van der Waals surface area contributed by atoms with E-state index in [4.69, 9.17) is 5.73 Å². The molecule has 0 spiro atoms. The molecule has 1 amide bonds. The summed E-state index contributed by atoms with van der Waals surface area (Å²) in [5.74, 6) is 0.160. The Morgan fingerprint density at radius 2 is 1.50 bits per heavy atom. The zero-order chi connectivity index (χ0) is 14.4. The fraction of sp³-hybridized carbons (Fsp3) is 0.188. The van der Waals surface area contributed by atoms with E-state index in [0.717, 1.165) is 16.7 Å². The lowest BCUT2D eigenvalue weighted by Gasteiger charge is -2.06. The zero-order valence-electron chi connectivity index (χ0n) is 11.2. The van der Waals surface area contributed by atoms with E-state index in [2.05, 4.69) is 5.32 Å². The molecule has 2 aromatic rings. The van der Waals surface area contributed by atoms with Crippen LogP contribution in [-0.2, 0) is 24.3 Å². The SMILES string of the molecule is NCc1ccc(CNC(=O)Cc2ccc(O)cc2)cc1. The molecule has 0 fully saturated rings. The van der Waals surface area contributed by atoms with Gasteiger partial charge in [0.1, 0.15) is 5.75 Å². The van der Waals surface area contributed by atoms with Crippen LogP contribution >= 0.6 is 0 Å².